The lowest BCUT2D eigenvalue weighted by atomic mass is 9.85. The number of likely N-dealkylation sites (tertiary alicyclic amines) is 1. The third kappa shape index (κ3) is 2.47. The van der Waals surface area contributed by atoms with Gasteiger partial charge in [0.25, 0.3) is 5.56 Å². The number of amides is 3. The number of imide groups is 1. The molecular weight excluding hydrogens is 304 g/mol. The van der Waals surface area contributed by atoms with Crippen molar-refractivity contribution < 1.29 is 14.4 Å². The first-order valence-corrected chi connectivity index (χ1v) is 7.22. The van der Waals surface area contributed by atoms with E-state index in [1.165, 1.54) is 18.1 Å². The van der Waals surface area contributed by atoms with Crippen molar-refractivity contribution in [3.05, 3.63) is 32.6 Å². The second kappa shape index (κ2) is 5.18. The first kappa shape index (κ1) is 15.2. The molecule has 0 bridgehead atoms. The summed E-state index contributed by atoms with van der Waals surface area (Å²) in [7, 11) is 1.33. The molecule has 0 unspecified atom stereocenters. The van der Waals surface area contributed by atoms with Crippen LogP contribution in [0.5, 0.6) is 0 Å². The Hall–Kier alpha value is -2.71. The highest BCUT2D eigenvalue weighted by Crippen LogP contribution is 2.37. The van der Waals surface area contributed by atoms with E-state index < -0.39 is 16.7 Å². The number of carbonyl (C=O) groups is 3. The van der Waals surface area contributed by atoms with Gasteiger partial charge in [0.15, 0.2) is 0 Å². The highest BCUT2D eigenvalue weighted by Gasteiger charge is 2.51. The van der Waals surface area contributed by atoms with E-state index >= 15 is 0 Å². The van der Waals surface area contributed by atoms with Crippen LogP contribution in [0.2, 0.25) is 0 Å². The molecular formula is C14H16N4O5. The van der Waals surface area contributed by atoms with Crippen LogP contribution in [0.25, 0.3) is 0 Å². The molecule has 2 fully saturated rings. The van der Waals surface area contributed by atoms with Gasteiger partial charge in [-0.2, -0.15) is 0 Å². The molecule has 23 heavy (non-hydrogen) atoms. The Morgan fingerprint density at radius 3 is 2.70 bits per heavy atom. The van der Waals surface area contributed by atoms with E-state index in [1.54, 1.807) is 0 Å². The molecule has 1 aromatic heterocycles. The minimum atomic E-state index is -0.831. The van der Waals surface area contributed by atoms with Crippen molar-refractivity contribution >= 4 is 17.7 Å². The maximum Gasteiger partial charge on any atom is 0.328 e. The molecule has 2 aliphatic rings. The van der Waals surface area contributed by atoms with E-state index in [-0.39, 0.29) is 42.7 Å². The first-order valence-electron chi connectivity index (χ1n) is 7.22. The molecule has 1 spiro atoms. The minimum absolute atomic E-state index is 0.0933. The Morgan fingerprint density at radius 2 is 2.04 bits per heavy atom. The molecule has 9 heteroatoms. The molecule has 3 amide bonds. The zero-order chi connectivity index (χ0) is 16.8. The molecule has 3 heterocycles. The summed E-state index contributed by atoms with van der Waals surface area (Å²) >= 11 is 0. The Morgan fingerprint density at radius 1 is 1.30 bits per heavy atom. The number of H-pyrrole nitrogens is 1. The van der Waals surface area contributed by atoms with Crippen LogP contribution in [0.3, 0.4) is 0 Å². The second-order valence-corrected chi connectivity index (χ2v) is 6.06. The van der Waals surface area contributed by atoms with E-state index in [9.17, 15) is 24.0 Å². The van der Waals surface area contributed by atoms with Crippen LogP contribution >= 0.6 is 0 Å². The summed E-state index contributed by atoms with van der Waals surface area (Å²) in [6, 6.07) is 0. The van der Waals surface area contributed by atoms with E-state index in [4.69, 9.17) is 0 Å². The molecule has 2 aliphatic heterocycles. The number of carbonyl (C=O) groups excluding carboxylic acids is 3. The van der Waals surface area contributed by atoms with E-state index in [2.05, 4.69) is 10.3 Å². The fourth-order valence-electron chi connectivity index (χ4n) is 3.12. The Bertz CT molecular complexity index is 823. The molecule has 0 aromatic carbocycles. The molecule has 0 radical (unpaired) electrons. The number of hydrogen-bond acceptors (Lipinski definition) is 5. The van der Waals surface area contributed by atoms with Crippen molar-refractivity contribution in [1.29, 1.82) is 0 Å². The topological polar surface area (TPSA) is 121 Å². The zero-order valence-electron chi connectivity index (χ0n) is 12.5. The van der Waals surface area contributed by atoms with Crippen molar-refractivity contribution in [2.75, 3.05) is 13.1 Å². The highest BCUT2D eigenvalue weighted by atomic mass is 16.2. The Labute approximate surface area is 130 Å². The molecule has 3 rings (SSSR count). The molecule has 1 aromatic rings. The van der Waals surface area contributed by atoms with Gasteiger partial charge in [-0.05, 0) is 6.42 Å². The summed E-state index contributed by atoms with van der Waals surface area (Å²) in [5.74, 6) is -0.963. The maximum atomic E-state index is 12.4. The van der Waals surface area contributed by atoms with Crippen LogP contribution in [0.1, 0.15) is 18.4 Å². The van der Waals surface area contributed by atoms with Crippen LogP contribution in [0, 0.1) is 5.41 Å². The molecule has 9 nitrogen and oxygen atoms in total. The third-order valence-corrected chi connectivity index (χ3v) is 4.54. The van der Waals surface area contributed by atoms with Gasteiger partial charge in [0.2, 0.25) is 17.7 Å². The van der Waals surface area contributed by atoms with Gasteiger partial charge in [0.05, 0.1) is 11.8 Å². The first-order chi connectivity index (χ1) is 10.8. The van der Waals surface area contributed by atoms with Gasteiger partial charge in [0.1, 0.15) is 0 Å². The average molecular weight is 320 g/mol. The van der Waals surface area contributed by atoms with Gasteiger partial charge in [-0.1, -0.05) is 0 Å². The van der Waals surface area contributed by atoms with Crippen LogP contribution in [0.15, 0.2) is 15.8 Å². The van der Waals surface area contributed by atoms with Crippen LogP contribution in [-0.2, 0) is 27.9 Å². The molecule has 0 aliphatic carbocycles. The minimum Gasteiger partial charge on any atom is -0.341 e. The van der Waals surface area contributed by atoms with Crippen molar-refractivity contribution in [2.45, 2.75) is 19.3 Å². The molecule has 2 N–H and O–H groups in total. The predicted molar refractivity (Wildman–Crippen MR) is 77.4 cm³/mol. The summed E-state index contributed by atoms with van der Waals surface area (Å²) in [6.07, 6.45) is 1.60. The fraction of sp³-hybridized carbons (Fsp3) is 0.500. The van der Waals surface area contributed by atoms with Crippen molar-refractivity contribution in [3.8, 4) is 0 Å². The Kier molecular flexibility index (Phi) is 3.42. The highest BCUT2D eigenvalue weighted by molar-refractivity contribution is 6.06. The van der Waals surface area contributed by atoms with Gasteiger partial charge < -0.3 is 9.88 Å². The third-order valence-electron chi connectivity index (χ3n) is 4.54. The lowest BCUT2D eigenvalue weighted by Gasteiger charge is -2.20. The number of aromatic nitrogens is 2. The van der Waals surface area contributed by atoms with Crippen molar-refractivity contribution in [3.63, 3.8) is 0 Å². The molecule has 0 saturated carbocycles. The smallest absolute Gasteiger partial charge is 0.328 e. The quantitative estimate of drug-likeness (QED) is 0.604. The molecule has 122 valence electrons. The summed E-state index contributed by atoms with van der Waals surface area (Å²) in [5, 5.41) is 2.27. The number of nitrogens with one attached hydrogen (secondary N) is 2. The van der Waals surface area contributed by atoms with E-state index in [1.807, 2.05) is 0 Å². The van der Waals surface area contributed by atoms with Gasteiger partial charge in [-0.3, -0.25) is 29.1 Å². The summed E-state index contributed by atoms with van der Waals surface area (Å²) in [6.45, 7) is 0.538. The monoisotopic (exact) mass is 320 g/mol. The summed E-state index contributed by atoms with van der Waals surface area (Å²) in [4.78, 5) is 62.8. The van der Waals surface area contributed by atoms with Gasteiger partial charge >= 0.3 is 5.69 Å². The van der Waals surface area contributed by atoms with Crippen molar-refractivity contribution in [1.82, 2.24) is 19.8 Å². The van der Waals surface area contributed by atoms with Crippen molar-refractivity contribution in [2.24, 2.45) is 12.5 Å². The summed E-state index contributed by atoms with van der Waals surface area (Å²) in [5.41, 5.74) is -1.72. The maximum absolute atomic E-state index is 12.4. The number of hydrogen-bond donors (Lipinski definition) is 2. The number of nitrogens with zero attached hydrogens (tertiary/aromatic N) is 2. The SMILES string of the molecule is Cn1c(=O)[nH]cc(CC(=O)N2CC[C@@]3(CC(=O)NC3=O)C2)c1=O. The van der Waals surface area contributed by atoms with E-state index in [0.717, 1.165) is 4.57 Å². The zero-order valence-corrected chi connectivity index (χ0v) is 12.5. The average Bonchev–Trinajstić information content (AvgIpc) is 3.04. The largest absolute Gasteiger partial charge is 0.341 e. The van der Waals surface area contributed by atoms with Gasteiger partial charge in [0, 0.05) is 38.3 Å². The van der Waals surface area contributed by atoms with Crippen LogP contribution in [0.4, 0.5) is 0 Å². The van der Waals surface area contributed by atoms with Gasteiger partial charge in [-0.25, -0.2) is 4.79 Å². The Balaban J connectivity index is 1.75. The predicted octanol–water partition coefficient (Wildman–Crippen LogP) is -2.12. The van der Waals surface area contributed by atoms with Crippen LogP contribution < -0.4 is 16.6 Å². The normalized spacial score (nSPS) is 23.6. The lowest BCUT2D eigenvalue weighted by molar-refractivity contribution is -0.131. The molecule has 1 atom stereocenters. The van der Waals surface area contributed by atoms with Gasteiger partial charge in [-0.15, -0.1) is 0 Å². The molecule has 2 saturated heterocycles. The summed E-state index contributed by atoms with van der Waals surface area (Å²) < 4.78 is 0.900. The number of aromatic amines is 1. The number of rotatable bonds is 2. The second-order valence-electron chi connectivity index (χ2n) is 6.06. The van der Waals surface area contributed by atoms with Crippen LogP contribution in [-0.4, -0.2) is 45.3 Å². The van der Waals surface area contributed by atoms with E-state index in [0.29, 0.717) is 13.0 Å². The fourth-order valence-corrected chi connectivity index (χ4v) is 3.12. The standard InChI is InChI=1S/C14H16N4O5/c1-17-11(21)8(6-15-13(17)23)4-10(20)18-3-2-14(7-18)5-9(19)16-12(14)22/h6H,2-5,7H2,1H3,(H,15,23)(H,16,19,22)/t14-/m1/s1. The lowest BCUT2D eigenvalue weighted by Crippen LogP contribution is -2.39.